The molecule has 4 aromatic rings. The van der Waals surface area contributed by atoms with Crippen LogP contribution in [0.3, 0.4) is 0 Å². The number of hydrogen-bond acceptors (Lipinski definition) is 5. The maximum Gasteiger partial charge on any atom is 0.272 e. The number of aromatic nitrogens is 2. The van der Waals surface area contributed by atoms with E-state index in [9.17, 15) is 9.59 Å². The molecule has 1 aliphatic rings. The number of nitrogens with zero attached hydrogens (tertiary/aromatic N) is 2. The molecular formula is C25H22N4O3. The van der Waals surface area contributed by atoms with Gasteiger partial charge in [-0.3, -0.25) is 9.59 Å². The maximum absolute atomic E-state index is 13.0. The number of benzene rings is 3. The molecule has 1 aliphatic heterocycles. The molecule has 7 heteroatoms. The van der Waals surface area contributed by atoms with Crippen molar-refractivity contribution in [3.05, 3.63) is 83.2 Å². The molecule has 0 bridgehead atoms. The van der Waals surface area contributed by atoms with Gasteiger partial charge in [0.1, 0.15) is 11.8 Å². The molecule has 0 spiro atoms. The summed E-state index contributed by atoms with van der Waals surface area (Å²) in [6, 6.07) is 22.4. The van der Waals surface area contributed by atoms with E-state index in [-0.39, 0.29) is 17.5 Å². The minimum absolute atomic E-state index is 0.0354. The Morgan fingerprint density at radius 2 is 1.78 bits per heavy atom. The number of methoxy groups -OCH3 is 1. The fourth-order valence-corrected chi connectivity index (χ4v) is 4.12. The van der Waals surface area contributed by atoms with Crippen LogP contribution in [-0.4, -0.2) is 35.8 Å². The number of anilines is 2. The second-order valence-corrected chi connectivity index (χ2v) is 7.70. The summed E-state index contributed by atoms with van der Waals surface area (Å²) in [4.78, 5) is 26.9. The number of hydrogen-bond donors (Lipinski definition) is 2. The Kier molecular flexibility index (Phi) is 5.07. The highest BCUT2D eigenvalue weighted by molar-refractivity contribution is 6.01. The lowest BCUT2D eigenvalue weighted by atomic mass is 10.0. The summed E-state index contributed by atoms with van der Waals surface area (Å²) in [5.41, 5.74) is 3.06. The van der Waals surface area contributed by atoms with Crippen molar-refractivity contribution in [2.24, 2.45) is 0 Å². The fraction of sp³-hybridized carbons (Fsp3) is 0.160. The van der Waals surface area contributed by atoms with Gasteiger partial charge in [0.25, 0.3) is 5.56 Å². The lowest BCUT2D eigenvalue weighted by Gasteiger charge is -2.18. The quantitative estimate of drug-likeness (QED) is 0.507. The number of amides is 1. The van der Waals surface area contributed by atoms with Crippen LogP contribution in [0, 0.1) is 0 Å². The van der Waals surface area contributed by atoms with Crippen molar-refractivity contribution in [3.8, 4) is 17.0 Å². The van der Waals surface area contributed by atoms with Crippen molar-refractivity contribution < 1.29 is 9.53 Å². The van der Waals surface area contributed by atoms with Crippen molar-refractivity contribution in [2.75, 3.05) is 23.9 Å². The molecule has 1 aromatic heterocycles. The molecule has 1 unspecified atom stereocenters. The van der Waals surface area contributed by atoms with E-state index in [0.29, 0.717) is 24.0 Å². The Bertz CT molecular complexity index is 1350. The summed E-state index contributed by atoms with van der Waals surface area (Å²) < 4.78 is 5.26. The van der Waals surface area contributed by atoms with E-state index in [0.717, 1.165) is 28.1 Å². The Balaban J connectivity index is 1.36. The predicted molar refractivity (Wildman–Crippen MR) is 125 cm³/mol. The van der Waals surface area contributed by atoms with Crippen LogP contribution < -0.4 is 20.5 Å². The topological polar surface area (TPSA) is 87.3 Å². The van der Waals surface area contributed by atoms with E-state index < -0.39 is 0 Å². The highest BCUT2D eigenvalue weighted by Gasteiger charge is 2.32. The molecule has 32 heavy (non-hydrogen) atoms. The number of carbonyl (C=O) groups is 1. The second-order valence-electron chi connectivity index (χ2n) is 7.70. The number of fused-ring (bicyclic) bond motifs is 1. The average Bonchev–Trinajstić information content (AvgIpc) is 3.19. The molecule has 0 aliphatic carbocycles. The summed E-state index contributed by atoms with van der Waals surface area (Å²) in [6.07, 6.45) is 0.712. The number of H-pyrrole nitrogens is 1. The van der Waals surface area contributed by atoms with E-state index in [1.807, 2.05) is 66.7 Å². The van der Waals surface area contributed by atoms with Gasteiger partial charge in [0.05, 0.1) is 18.2 Å². The predicted octanol–water partition coefficient (Wildman–Crippen LogP) is 3.82. The zero-order chi connectivity index (χ0) is 22.1. The normalized spacial score (nSPS) is 15.8. The monoisotopic (exact) mass is 426 g/mol. The van der Waals surface area contributed by atoms with Crippen molar-refractivity contribution in [1.82, 2.24) is 10.2 Å². The Morgan fingerprint density at radius 1 is 1.00 bits per heavy atom. The van der Waals surface area contributed by atoms with Crippen molar-refractivity contribution >= 4 is 28.1 Å². The first-order valence-corrected chi connectivity index (χ1v) is 10.4. The fourth-order valence-electron chi connectivity index (χ4n) is 4.12. The molecule has 5 rings (SSSR count). The molecular weight excluding hydrogens is 404 g/mol. The standard InChI is InChI=1S/C25H22N4O3/c1-32-19-6-4-5-17(15-19)26-22-13-14-29(25(22)31)18-11-9-16(10-12-18)23-20-7-2-3-8-21(20)24(30)28-27-23/h2-12,15,22,26H,13-14H2,1H3,(H,28,30). The number of carbonyl (C=O) groups excluding carboxylic acids is 1. The van der Waals surface area contributed by atoms with Crippen molar-refractivity contribution in [1.29, 1.82) is 0 Å². The minimum Gasteiger partial charge on any atom is -0.497 e. The first kappa shape index (κ1) is 19.8. The van der Waals surface area contributed by atoms with Gasteiger partial charge in [-0.05, 0) is 36.8 Å². The van der Waals surface area contributed by atoms with Crippen LogP contribution in [-0.2, 0) is 4.79 Å². The smallest absolute Gasteiger partial charge is 0.272 e. The first-order chi connectivity index (χ1) is 15.6. The van der Waals surface area contributed by atoms with Crippen LogP contribution in [0.15, 0.2) is 77.6 Å². The third-order valence-corrected chi connectivity index (χ3v) is 5.76. The van der Waals surface area contributed by atoms with Gasteiger partial charge in [-0.25, -0.2) is 5.10 Å². The van der Waals surface area contributed by atoms with Crippen LogP contribution in [0.4, 0.5) is 11.4 Å². The summed E-state index contributed by atoms with van der Waals surface area (Å²) >= 11 is 0. The molecule has 0 radical (unpaired) electrons. The molecule has 0 saturated carbocycles. The van der Waals surface area contributed by atoms with Gasteiger partial charge in [0, 0.05) is 34.9 Å². The average molecular weight is 426 g/mol. The lowest BCUT2D eigenvalue weighted by Crippen LogP contribution is -2.33. The number of aromatic amines is 1. The molecule has 7 nitrogen and oxygen atoms in total. The maximum atomic E-state index is 13.0. The van der Waals surface area contributed by atoms with E-state index in [1.165, 1.54) is 0 Å². The zero-order valence-electron chi connectivity index (χ0n) is 17.5. The van der Waals surface area contributed by atoms with Gasteiger partial charge >= 0.3 is 0 Å². The van der Waals surface area contributed by atoms with Crippen molar-refractivity contribution in [2.45, 2.75) is 12.5 Å². The van der Waals surface area contributed by atoms with Crippen LogP contribution in [0.25, 0.3) is 22.0 Å². The molecule has 2 N–H and O–H groups in total. The summed E-state index contributed by atoms with van der Waals surface area (Å²) in [6.45, 7) is 0.639. The van der Waals surface area contributed by atoms with Crippen LogP contribution in [0.2, 0.25) is 0 Å². The SMILES string of the molecule is COc1cccc(NC2CCN(c3ccc(-c4n[nH]c(=O)c5ccccc45)cc3)C2=O)c1. The van der Waals surface area contributed by atoms with Gasteiger partial charge in [0.15, 0.2) is 0 Å². The zero-order valence-corrected chi connectivity index (χ0v) is 17.5. The molecule has 1 atom stereocenters. The molecule has 160 valence electrons. The Hall–Kier alpha value is -4.13. The lowest BCUT2D eigenvalue weighted by molar-refractivity contribution is -0.117. The van der Waals surface area contributed by atoms with Crippen LogP contribution in [0.5, 0.6) is 5.75 Å². The third-order valence-electron chi connectivity index (χ3n) is 5.76. The van der Waals surface area contributed by atoms with E-state index in [1.54, 1.807) is 18.1 Å². The molecule has 2 heterocycles. The van der Waals surface area contributed by atoms with Gasteiger partial charge in [-0.1, -0.05) is 36.4 Å². The molecule has 1 amide bonds. The van der Waals surface area contributed by atoms with Gasteiger partial charge < -0.3 is 15.0 Å². The second kappa shape index (κ2) is 8.19. The van der Waals surface area contributed by atoms with Crippen molar-refractivity contribution in [3.63, 3.8) is 0 Å². The van der Waals surface area contributed by atoms with E-state index in [2.05, 4.69) is 15.5 Å². The third kappa shape index (κ3) is 3.58. The minimum atomic E-state index is -0.286. The molecule has 1 fully saturated rings. The van der Waals surface area contributed by atoms with Gasteiger partial charge in [-0.15, -0.1) is 0 Å². The number of ether oxygens (including phenoxy) is 1. The molecule has 3 aromatic carbocycles. The Labute approximate surface area is 184 Å². The number of rotatable bonds is 5. The largest absolute Gasteiger partial charge is 0.497 e. The molecule has 1 saturated heterocycles. The highest BCUT2D eigenvalue weighted by Crippen LogP contribution is 2.29. The summed E-state index contributed by atoms with van der Waals surface area (Å²) in [5.74, 6) is 0.782. The summed E-state index contributed by atoms with van der Waals surface area (Å²) in [5, 5.41) is 11.5. The first-order valence-electron chi connectivity index (χ1n) is 10.4. The van der Waals surface area contributed by atoms with E-state index in [4.69, 9.17) is 4.74 Å². The van der Waals surface area contributed by atoms with Crippen LogP contribution >= 0.6 is 0 Å². The van der Waals surface area contributed by atoms with E-state index >= 15 is 0 Å². The summed E-state index contributed by atoms with van der Waals surface area (Å²) in [7, 11) is 1.62. The number of nitrogens with one attached hydrogen (secondary N) is 2. The Morgan fingerprint density at radius 3 is 2.56 bits per heavy atom. The van der Waals surface area contributed by atoms with Gasteiger partial charge in [-0.2, -0.15) is 5.10 Å². The highest BCUT2D eigenvalue weighted by atomic mass is 16.5. The van der Waals surface area contributed by atoms with Gasteiger partial charge in [0.2, 0.25) is 5.91 Å². The van der Waals surface area contributed by atoms with Crippen LogP contribution in [0.1, 0.15) is 6.42 Å².